The Bertz CT molecular complexity index is 909. The fourth-order valence-corrected chi connectivity index (χ4v) is 4.23. The predicted molar refractivity (Wildman–Crippen MR) is 146 cm³/mol. The molecule has 2 aromatic rings. The lowest BCUT2D eigenvalue weighted by atomic mass is 10.0. The Morgan fingerprint density at radius 1 is 0.800 bits per heavy atom. The molecule has 0 saturated carbocycles. The van der Waals surface area contributed by atoms with Gasteiger partial charge in [-0.15, -0.1) is 0 Å². The van der Waals surface area contributed by atoms with E-state index in [-0.39, 0.29) is 11.6 Å². The number of benzene rings is 2. The zero-order valence-electron chi connectivity index (χ0n) is 21.3. The molecule has 2 rings (SSSR count). The molecule has 190 valence electrons. The van der Waals surface area contributed by atoms with Crippen molar-refractivity contribution in [3.63, 3.8) is 0 Å². The van der Waals surface area contributed by atoms with Gasteiger partial charge in [-0.25, -0.2) is 0 Å². The largest absolute Gasteiger partial charge is 0.352 e. The van der Waals surface area contributed by atoms with Crippen LogP contribution in [0.5, 0.6) is 0 Å². The Hall–Kier alpha value is -2.95. The quantitative estimate of drug-likeness (QED) is 0.0769. The molecule has 0 aliphatic carbocycles. The fourth-order valence-electron chi connectivity index (χ4n) is 4.23. The number of amides is 1. The van der Waals surface area contributed by atoms with E-state index in [1.54, 1.807) is 18.2 Å². The Morgan fingerprint density at radius 3 is 1.94 bits per heavy atom. The lowest BCUT2D eigenvalue weighted by molar-refractivity contribution is -0.384. The summed E-state index contributed by atoms with van der Waals surface area (Å²) in [4.78, 5) is 23.7. The number of carbonyl (C=O) groups excluding carboxylic acids is 1. The van der Waals surface area contributed by atoms with Gasteiger partial charge in [0.1, 0.15) is 0 Å². The van der Waals surface area contributed by atoms with Gasteiger partial charge in [-0.05, 0) is 23.6 Å². The number of rotatable bonds is 18. The molecule has 0 atom stereocenters. The van der Waals surface area contributed by atoms with Crippen molar-refractivity contribution >= 4 is 23.2 Å². The van der Waals surface area contributed by atoms with Gasteiger partial charge < -0.3 is 5.32 Å². The fraction of sp³-hybridized carbons (Fsp3) is 0.500. The molecule has 35 heavy (non-hydrogen) atoms. The monoisotopic (exact) mass is 478 g/mol. The third kappa shape index (κ3) is 11.8. The number of unbranched alkanes of at least 4 members (excludes halogenated alkanes) is 12. The molecule has 0 bridgehead atoms. The number of carbonyl (C=O) groups is 1. The number of non-ortho nitro benzene ring substituents is 1. The lowest BCUT2D eigenvalue weighted by Gasteiger charge is -2.10. The van der Waals surface area contributed by atoms with E-state index in [1.807, 2.05) is 30.3 Å². The molecule has 0 saturated heterocycles. The number of nitrogens with one attached hydrogen (secondary N) is 1. The molecule has 1 amide bonds. The summed E-state index contributed by atoms with van der Waals surface area (Å²) in [7, 11) is 0. The summed E-state index contributed by atoms with van der Waals surface area (Å²) in [6, 6.07) is 15.8. The molecule has 0 heterocycles. The minimum absolute atomic E-state index is 0.0125. The maximum Gasteiger partial charge on any atom is 0.270 e. The SMILES string of the molecule is CCCCCCCCCCCCCCCNC(=O)/C(=C/c1cccc([N+](=O)[O-])c1)c1ccccc1. The van der Waals surface area contributed by atoms with E-state index in [4.69, 9.17) is 0 Å². The van der Waals surface area contributed by atoms with Gasteiger partial charge in [0.25, 0.3) is 11.6 Å². The summed E-state index contributed by atoms with van der Waals surface area (Å²) >= 11 is 0. The standard InChI is InChI=1S/C30H42N2O3/c1-2-3-4-5-6-7-8-9-10-11-12-13-17-23-31-30(33)29(27-20-15-14-16-21-27)25-26-19-18-22-28(24-26)32(34)35/h14-16,18-22,24-25H,2-13,17,23H2,1H3,(H,31,33)/b29-25+. The van der Waals surface area contributed by atoms with Gasteiger partial charge in [-0.1, -0.05) is 126 Å². The van der Waals surface area contributed by atoms with E-state index in [1.165, 1.54) is 82.8 Å². The average molecular weight is 479 g/mol. The zero-order chi connectivity index (χ0) is 25.1. The van der Waals surface area contributed by atoms with E-state index in [2.05, 4.69) is 12.2 Å². The highest BCUT2D eigenvalue weighted by Crippen LogP contribution is 2.21. The number of nitro benzene ring substituents is 1. The third-order valence-corrected chi connectivity index (χ3v) is 6.29. The zero-order valence-corrected chi connectivity index (χ0v) is 21.3. The van der Waals surface area contributed by atoms with Crippen LogP contribution in [0, 0.1) is 10.1 Å². The number of nitro groups is 1. The van der Waals surface area contributed by atoms with Crippen LogP contribution in [0.4, 0.5) is 5.69 Å². The third-order valence-electron chi connectivity index (χ3n) is 6.29. The maximum atomic E-state index is 13.0. The van der Waals surface area contributed by atoms with Crippen molar-refractivity contribution in [3.8, 4) is 0 Å². The van der Waals surface area contributed by atoms with E-state index >= 15 is 0 Å². The van der Waals surface area contributed by atoms with E-state index in [0.29, 0.717) is 17.7 Å². The van der Waals surface area contributed by atoms with Crippen LogP contribution in [0.15, 0.2) is 54.6 Å². The van der Waals surface area contributed by atoms with E-state index < -0.39 is 4.92 Å². The Balaban J connectivity index is 1.72. The summed E-state index contributed by atoms with van der Waals surface area (Å²) in [6.45, 7) is 2.89. The van der Waals surface area contributed by atoms with Crippen molar-refractivity contribution in [3.05, 3.63) is 75.8 Å². The van der Waals surface area contributed by atoms with Gasteiger partial charge in [0.2, 0.25) is 0 Å². The highest BCUT2D eigenvalue weighted by Gasteiger charge is 2.13. The van der Waals surface area contributed by atoms with Crippen molar-refractivity contribution in [2.45, 2.75) is 90.4 Å². The highest BCUT2D eigenvalue weighted by atomic mass is 16.6. The number of hydrogen-bond donors (Lipinski definition) is 1. The Kier molecular flexibility index (Phi) is 14.1. The summed E-state index contributed by atoms with van der Waals surface area (Å²) in [5.41, 5.74) is 1.95. The van der Waals surface area contributed by atoms with Crippen molar-refractivity contribution in [2.75, 3.05) is 6.54 Å². The molecule has 1 N–H and O–H groups in total. The first-order valence-electron chi connectivity index (χ1n) is 13.4. The van der Waals surface area contributed by atoms with Crippen LogP contribution in [0.1, 0.15) is 102 Å². The first-order chi connectivity index (χ1) is 17.1. The Morgan fingerprint density at radius 2 is 1.37 bits per heavy atom. The van der Waals surface area contributed by atoms with Crippen LogP contribution in [-0.2, 0) is 4.79 Å². The average Bonchev–Trinajstić information content (AvgIpc) is 2.88. The Labute approximate surface area is 211 Å². The molecular formula is C30H42N2O3. The molecular weight excluding hydrogens is 436 g/mol. The van der Waals surface area contributed by atoms with Gasteiger partial charge in [-0.2, -0.15) is 0 Å². The van der Waals surface area contributed by atoms with Crippen molar-refractivity contribution in [1.29, 1.82) is 0 Å². The van der Waals surface area contributed by atoms with Crippen LogP contribution in [0.25, 0.3) is 11.6 Å². The minimum atomic E-state index is -0.422. The molecule has 2 aromatic carbocycles. The molecule has 5 heteroatoms. The second-order valence-corrected chi connectivity index (χ2v) is 9.27. The smallest absolute Gasteiger partial charge is 0.270 e. The second-order valence-electron chi connectivity index (χ2n) is 9.27. The normalized spacial score (nSPS) is 11.4. The number of hydrogen-bond acceptors (Lipinski definition) is 3. The van der Waals surface area contributed by atoms with Crippen LogP contribution in [0.2, 0.25) is 0 Å². The van der Waals surface area contributed by atoms with Crippen LogP contribution in [-0.4, -0.2) is 17.4 Å². The number of nitrogens with zero attached hydrogens (tertiary/aromatic N) is 1. The molecule has 5 nitrogen and oxygen atoms in total. The molecule has 0 fully saturated rings. The highest BCUT2D eigenvalue weighted by molar-refractivity contribution is 6.24. The summed E-state index contributed by atoms with van der Waals surface area (Å²) in [6.07, 6.45) is 18.5. The lowest BCUT2D eigenvalue weighted by Crippen LogP contribution is -2.25. The molecule has 0 aliphatic heterocycles. The minimum Gasteiger partial charge on any atom is -0.352 e. The van der Waals surface area contributed by atoms with Gasteiger partial charge in [0, 0.05) is 24.3 Å². The van der Waals surface area contributed by atoms with Gasteiger partial charge in [-0.3, -0.25) is 14.9 Å². The second kappa shape index (κ2) is 17.5. The molecule has 0 unspecified atom stereocenters. The van der Waals surface area contributed by atoms with Gasteiger partial charge in [0.05, 0.1) is 4.92 Å². The van der Waals surface area contributed by atoms with Crippen molar-refractivity contribution < 1.29 is 9.72 Å². The molecule has 0 radical (unpaired) electrons. The van der Waals surface area contributed by atoms with E-state index in [0.717, 1.165) is 18.4 Å². The van der Waals surface area contributed by atoms with E-state index in [9.17, 15) is 14.9 Å². The summed E-state index contributed by atoms with van der Waals surface area (Å²) in [5, 5.41) is 14.1. The predicted octanol–water partition coefficient (Wildman–Crippen LogP) is 8.34. The van der Waals surface area contributed by atoms with Crippen molar-refractivity contribution in [1.82, 2.24) is 5.32 Å². The first kappa shape index (κ1) is 28.3. The van der Waals surface area contributed by atoms with Gasteiger partial charge >= 0.3 is 0 Å². The van der Waals surface area contributed by atoms with Crippen LogP contribution in [0.3, 0.4) is 0 Å². The first-order valence-corrected chi connectivity index (χ1v) is 13.4. The summed E-state index contributed by atoms with van der Waals surface area (Å²) in [5.74, 6) is -0.151. The van der Waals surface area contributed by atoms with Crippen molar-refractivity contribution in [2.24, 2.45) is 0 Å². The molecule has 0 spiro atoms. The summed E-state index contributed by atoms with van der Waals surface area (Å²) < 4.78 is 0. The van der Waals surface area contributed by atoms with Gasteiger partial charge in [0.15, 0.2) is 0 Å². The molecule has 0 aliphatic rings. The van der Waals surface area contributed by atoms with Crippen LogP contribution < -0.4 is 5.32 Å². The topological polar surface area (TPSA) is 72.2 Å². The maximum absolute atomic E-state index is 13.0. The molecule has 0 aromatic heterocycles. The van der Waals surface area contributed by atoms with Crippen LogP contribution >= 0.6 is 0 Å².